The molecule has 8 heteroatoms. The molecule has 0 saturated carbocycles. The number of carbonyl (C=O) groups is 1. The SMILES string of the molecule is COc1cc(NC(=O)/C=C/c2cccc(Cl)c2)ccc1NS(C)(=O)=O. The van der Waals surface area contributed by atoms with E-state index in [2.05, 4.69) is 10.0 Å². The van der Waals surface area contributed by atoms with Crippen molar-refractivity contribution in [2.45, 2.75) is 0 Å². The van der Waals surface area contributed by atoms with Crippen LogP contribution in [0.5, 0.6) is 5.75 Å². The minimum atomic E-state index is -3.43. The Bertz CT molecular complexity index is 911. The zero-order valence-corrected chi connectivity index (χ0v) is 15.2. The van der Waals surface area contributed by atoms with Crippen LogP contribution in [0.2, 0.25) is 5.02 Å². The number of hydrogen-bond acceptors (Lipinski definition) is 4. The molecule has 0 fully saturated rings. The third-order valence-electron chi connectivity index (χ3n) is 3.04. The van der Waals surface area contributed by atoms with Crippen LogP contribution in [0.4, 0.5) is 11.4 Å². The molecule has 2 aromatic carbocycles. The van der Waals surface area contributed by atoms with E-state index in [1.54, 1.807) is 30.3 Å². The van der Waals surface area contributed by atoms with Crippen molar-refractivity contribution in [3.05, 3.63) is 59.1 Å². The Morgan fingerprint density at radius 1 is 1.20 bits per heavy atom. The number of sulfonamides is 1. The maximum Gasteiger partial charge on any atom is 0.248 e. The lowest BCUT2D eigenvalue weighted by Gasteiger charge is -2.11. The van der Waals surface area contributed by atoms with Crippen LogP contribution >= 0.6 is 11.6 Å². The lowest BCUT2D eigenvalue weighted by molar-refractivity contribution is -0.111. The Morgan fingerprint density at radius 3 is 2.60 bits per heavy atom. The standard InChI is InChI=1S/C17H17ClN2O4S/c1-24-16-11-14(7-8-15(16)20-25(2,22)23)19-17(21)9-6-12-4-3-5-13(18)10-12/h3-11,20H,1-2H3,(H,19,21)/b9-6+. The molecule has 0 aliphatic carbocycles. The summed E-state index contributed by atoms with van der Waals surface area (Å²) in [5, 5.41) is 3.26. The van der Waals surface area contributed by atoms with E-state index in [1.165, 1.54) is 25.3 Å². The maximum absolute atomic E-state index is 12.0. The second-order valence-corrected chi connectivity index (χ2v) is 7.35. The quantitative estimate of drug-likeness (QED) is 0.752. The van der Waals surface area contributed by atoms with Crippen LogP contribution in [0.1, 0.15) is 5.56 Å². The molecule has 0 atom stereocenters. The van der Waals surface area contributed by atoms with Crippen LogP contribution in [0.15, 0.2) is 48.5 Å². The molecule has 0 spiro atoms. The summed E-state index contributed by atoms with van der Waals surface area (Å²) in [6.45, 7) is 0. The molecule has 0 unspecified atom stereocenters. The molecule has 0 aliphatic rings. The van der Waals surface area contributed by atoms with Crippen molar-refractivity contribution in [3.63, 3.8) is 0 Å². The highest BCUT2D eigenvalue weighted by atomic mass is 35.5. The van der Waals surface area contributed by atoms with Crippen molar-refractivity contribution in [2.75, 3.05) is 23.4 Å². The fourth-order valence-electron chi connectivity index (χ4n) is 2.02. The van der Waals surface area contributed by atoms with Gasteiger partial charge in [0.2, 0.25) is 15.9 Å². The largest absolute Gasteiger partial charge is 0.494 e. The van der Waals surface area contributed by atoms with Crippen LogP contribution in [-0.4, -0.2) is 27.7 Å². The Labute approximate surface area is 151 Å². The summed E-state index contributed by atoms with van der Waals surface area (Å²) in [5.41, 5.74) is 1.56. The van der Waals surface area contributed by atoms with Gasteiger partial charge in [-0.15, -0.1) is 0 Å². The van der Waals surface area contributed by atoms with Gasteiger partial charge in [0.25, 0.3) is 0 Å². The third-order valence-corrected chi connectivity index (χ3v) is 3.87. The van der Waals surface area contributed by atoms with Crippen molar-refractivity contribution < 1.29 is 17.9 Å². The van der Waals surface area contributed by atoms with Crippen molar-refractivity contribution in [1.82, 2.24) is 0 Å². The van der Waals surface area contributed by atoms with Crippen LogP contribution in [0.3, 0.4) is 0 Å². The summed E-state index contributed by atoms with van der Waals surface area (Å²) in [5.74, 6) is -0.0482. The number of hydrogen-bond donors (Lipinski definition) is 2. The monoisotopic (exact) mass is 380 g/mol. The Balaban J connectivity index is 2.10. The Kier molecular flexibility index (Phi) is 6.06. The molecule has 25 heavy (non-hydrogen) atoms. The molecule has 6 nitrogen and oxygen atoms in total. The number of ether oxygens (including phenoxy) is 1. The van der Waals surface area contributed by atoms with Gasteiger partial charge in [0.15, 0.2) is 0 Å². The number of rotatable bonds is 6. The highest BCUT2D eigenvalue weighted by molar-refractivity contribution is 7.92. The molecule has 0 saturated heterocycles. The summed E-state index contributed by atoms with van der Waals surface area (Å²) in [7, 11) is -2.02. The van der Waals surface area contributed by atoms with Gasteiger partial charge >= 0.3 is 0 Å². The van der Waals surface area contributed by atoms with Gasteiger partial charge in [0.1, 0.15) is 5.75 Å². The van der Waals surface area contributed by atoms with Gasteiger partial charge in [-0.3, -0.25) is 9.52 Å². The van der Waals surface area contributed by atoms with Crippen LogP contribution in [0.25, 0.3) is 6.08 Å². The zero-order valence-electron chi connectivity index (χ0n) is 13.6. The van der Waals surface area contributed by atoms with E-state index in [0.29, 0.717) is 16.5 Å². The summed E-state index contributed by atoms with van der Waals surface area (Å²) in [6.07, 6.45) is 4.06. The topological polar surface area (TPSA) is 84.5 Å². The molecule has 0 aliphatic heterocycles. The van der Waals surface area contributed by atoms with Crippen LogP contribution < -0.4 is 14.8 Å². The highest BCUT2D eigenvalue weighted by Crippen LogP contribution is 2.28. The zero-order chi connectivity index (χ0) is 18.4. The van der Waals surface area contributed by atoms with Gasteiger partial charge in [-0.2, -0.15) is 0 Å². The first-order chi connectivity index (χ1) is 11.8. The first kappa shape index (κ1) is 18.8. The molecule has 2 N–H and O–H groups in total. The predicted octanol–water partition coefficient (Wildman–Crippen LogP) is 3.37. The van der Waals surface area contributed by atoms with E-state index in [9.17, 15) is 13.2 Å². The minimum Gasteiger partial charge on any atom is -0.494 e. The third kappa shape index (κ3) is 6.13. The van der Waals surface area contributed by atoms with Crippen molar-refractivity contribution in [3.8, 4) is 5.75 Å². The van der Waals surface area contributed by atoms with Gasteiger partial charge in [0, 0.05) is 22.9 Å². The van der Waals surface area contributed by atoms with E-state index in [0.717, 1.165) is 11.8 Å². The van der Waals surface area contributed by atoms with E-state index >= 15 is 0 Å². The number of carbonyl (C=O) groups excluding carboxylic acids is 1. The second kappa shape index (κ2) is 8.04. The predicted molar refractivity (Wildman–Crippen MR) is 101 cm³/mol. The molecular weight excluding hydrogens is 364 g/mol. The van der Waals surface area contributed by atoms with Gasteiger partial charge in [0.05, 0.1) is 19.1 Å². The fraction of sp³-hybridized carbons (Fsp3) is 0.118. The maximum atomic E-state index is 12.0. The van der Waals surface area contributed by atoms with E-state index in [4.69, 9.17) is 16.3 Å². The normalized spacial score (nSPS) is 11.3. The van der Waals surface area contributed by atoms with Crippen molar-refractivity contribution >= 4 is 45.0 Å². The molecular formula is C17H17ClN2O4S. The van der Waals surface area contributed by atoms with Crippen molar-refractivity contribution in [2.24, 2.45) is 0 Å². The number of nitrogens with one attached hydrogen (secondary N) is 2. The minimum absolute atomic E-state index is 0.289. The molecule has 132 valence electrons. The van der Waals surface area contributed by atoms with Crippen molar-refractivity contribution in [1.29, 1.82) is 0 Å². The second-order valence-electron chi connectivity index (χ2n) is 5.17. The van der Waals surface area contributed by atoms with Gasteiger partial charge in [-0.1, -0.05) is 23.7 Å². The van der Waals surface area contributed by atoms with Gasteiger partial charge in [-0.05, 0) is 35.9 Å². The molecule has 2 rings (SSSR count). The summed E-state index contributed by atoms with van der Waals surface area (Å²) < 4.78 is 30.1. The molecule has 1 amide bonds. The van der Waals surface area contributed by atoms with Gasteiger partial charge in [-0.25, -0.2) is 8.42 Å². The van der Waals surface area contributed by atoms with Crippen LogP contribution in [-0.2, 0) is 14.8 Å². The number of anilines is 2. The first-order valence-corrected chi connectivity index (χ1v) is 9.44. The molecule has 0 aromatic heterocycles. The lowest BCUT2D eigenvalue weighted by atomic mass is 10.2. The number of halogens is 1. The molecule has 0 bridgehead atoms. The Morgan fingerprint density at radius 2 is 1.96 bits per heavy atom. The first-order valence-electron chi connectivity index (χ1n) is 7.17. The smallest absolute Gasteiger partial charge is 0.248 e. The Hall–Kier alpha value is -2.51. The van der Waals surface area contributed by atoms with E-state index < -0.39 is 10.0 Å². The van der Waals surface area contributed by atoms with Gasteiger partial charge < -0.3 is 10.1 Å². The highest BCUT2D eigenvalue weighted by Gasteiger charge is 2.09. The summed E-state index contributed by atoms with van der Waals surface area (Å²) >= 11 is 5.89. The molecule has 2 aromatic rings. The molecule has 0 heterocycles. The van der Waals surface area contributed by atoms with E-state index in [-0.39, 0.29) is 11.6 Å². The summed E-state index contributed by atoms with van der Waals surface area (Å²) in [6, 6.07) is 11.7. The number of benzene rings is 2. The number of amides is 1. The average molecular weight is 381 g/mol. The lowest BCUT2D eigenvalue weighted by Crippen LogP contribution is -2.11. The summed E-state index contributed by atoms with van der Waals surface area (Å²) in [4.78, 5) is 12.0. The van der Waals surface area contributed by atoms with E-state index in [1.807, 2.05) is 6.07 Å². The number of methoxy groups -OCH3 is 1. The van der Waals surface area contributed by atoms with Crippen LogP contribution in [0, 0.1) is 0 Å². The average Bonchev–Trinajstić information content (AvgIpc) is 2.53. The fourth-order valence-corrected chi connectivity index (χ4v) is 2.79. The molecule has 0 radical (unpaired) electrons.